The third kappa shape index (κ3) is 1.33. The molecule has 1 heterocycles. The van der Waals surface area contributed by atoms with E-state index in [9.17, 15) is 0 Å². The molecule has 0 aromatic carbocycles. The molecule has 2 unspecified atom stereocenters. The molecule has 2 rings (SSSR count). The van der Waals surface area contributed by atoms with Crippen LogP contribution in [0.15, 0.2) is 23.1 Å². The van der Waals surface area contributed by atoms with E-state index in [1.54, 1.807) is 0 Å². The Morgan fingerprint density at radius 3 is 2.86 bits per heavy atom. The van der Waals surface area contributed by atoms with Crippen LogP contribution in [0, 0.1) is 11.8 Å². The van der Waals surface area contributed by atoms with Gasteiger partial charge in [0.2, 0.25) is 0 Å². The highest BCUT2D eigenvalue weighted by Gasteiger charge is 2.30. The summed E-state index contributed by atoms with van der Waals surface area (Å²) < 4.78 is 5.80. The van der Waals surface area contributed by atoms with Crippen LogP contribution >= 0.6 is 0 Å². The van der Waals surface area contributed by atoms with Gasteiger partial charge in [0.1, 0.15) is 12.4 Å². The molecular weight excluding hydrogens is 174 g/mol. The zero-order chi connectivity index (χ0) is 10.3. The number of hydrogen-bond donors (Lipinski definition) is 0. The fourth-order valence-corrected chi connectivity index (χ4v) is 2.36. The molecule has 0 aromatic rings. The maximum Gasteiger partial charge on any atom is 0.123 e. The predicted octanol–water partition coefficient (Wildman–Crippen LogP) is 2.39. The first-order valence-corrected chi connectivity index (χ1v) is 5.38. The van der Waals surface area contributed by atoms with Crippen molar-refractivity contribution in [1.29, 1.82) is 0 Å². The molecule has 14 heavy (non-hydrogen) atoms. The van der Waals surface area contributed by atoms with Crippen molar-refractivity contribution in [2.24, 2.45) is 11.8 Å². The van der Waals surface area contributed by atoms with Crippen molar-refractivity contribution in [2.75, 3.05) is 20.2 Å². The van der Waals surface area contributed by atoms with E-state index < -0.39 is 0 Å². The maximum atomic E-state index is 5.80. The van der Waals surface area contributed by atoms with Crippen LogP contribution in [-0.4, -0.2) is 25.1 Å². The zero-order valence-corrected chi connectivity index (χ0v) is 9.50. The highest BCUT2D eigenvalue weighted by molar-refractivity contribution is 5.36. The summed E-state index contributed by atoms with van der Waals surface area (Å²) in [6.45, 7) is 8.53. The molecule has 0 fully saturated rings. The number of hydrogen-bond acceptors (Lipinski definition) is 2. The summed E-state index contributed by atoms with van der Waals surface area (Å²) in [6.07, 6.45) is 2.36. The van der Waals surface area contributed by atoms with Crippen LogP contribution < -0.4 is 0 Å². The Balaban J connectivity index is 2.42. The van der Waals surface area contributed by atoms with Crippen molar-refractivity contribution in [3.05, 3.63) is 23.1 Å². The lowest BCUT2D eigenvalue weighted by Gasteiger charge is -2.38. The average Bonchev–Trinajstić information content (AvgIpc) is 2.14. The Bertz CT molecular complexity index is 303. The van der Waals surface area contributed by atoms with E-state index in [0.29, 0.717) is 11.8 Å². The van der Waals surface area contributed by atoms with Crippen molar-refractivity contribution >= 4 is 0 Å². The molecule has 0 N–H and O–H groups in total. The fraction of sp³-hybridized carbons (Fsp3) is 0.667. The van der Waals surface area contributed by atoms with Crippen LogP contribution in [0.2, 0.25) is 0 Å². The van der Waals surface area contributed by atoms with Gasteiger partial charge in [-0.05, 0) is 18.4 Å². The molecular formula is C12H19NO. The topological polar surface area (TPSA) is 12.5 Å². The van der Waals surface area contributed by atoms with Gasteiger partial charge in [0, 0.05) is 13.0 Å². The third-order valence-corrected chi connectivity index (χ3v) is 3.39. The van der Waals surface area contributed by atoms with Crippen LogP contribution in [0.25, 0.3) is 0 Å². The molecule has 0 saturated carbocycles. The number of rotatable bonds is 0. The summed E-state index contributed by atoms with van der Waals surface area (Å²) in [4.78, 5) is 2.31. The molecule has 0 radical (unpaired) electrons. The van der Waals surface area contributed by atoms with Crippen molar-refractivity contribution in [2.45, 2.75) is 20.8 Å². The quantitative estimate of drug-likeness (QED) is 0.585. The second-order valence-electron chi connectivity index (χ2n) is 4.48. The smallest absolute Gasteiger partial charge is 0.123 e. The molecule has 1 aliphatic heterocycles. The van der Waals surface area contributed by atoms with E-state index in [-0.39, 0.29) is 0 Å². The van der Waals surface area contributed by atoms with E-state index in [0.717, 1.165) is 13.2 Å². The van der Waals surface area contributed by atoms with Crippen molar-refractivity contribution in [3.63, 3.8) is 0 Å². The van der Waals surface area contributed by atoms with Gasteiger partial charge in [-0.15, -0.1) is 0 Å². The summed E-state index contributed by atoms with van der Waals surface area (Å²) in [6, 6.07) is 0. The molecule has 2 heteroatoms. The van der Waals surface area contributed by atoms with Gasteiger partial charge < -0.3 is 9.64 Å². The molecule has 0 saturated heterocycles. The van der Waals surface area contributed by atoms with Crippen LogP contribution in [0.5, 0.6) is 0 Å². The molecule has 0 aromatic heterocycles. The number of nitrogens with zero attached hydrogens (tertiary/aromatic N) is 1. The summed E-state index contributed by atoms with van der Waals surface area (Å²) in [5.74, 6) is 2.32. The molecule has 2 nitrogen and oxygen atoms in total. The van der Waals surface area contributed by atoms with E-state index in [1.165, 1.54) is 17.0 Å². The monoisotopic (exact) mass is 193 g/mol. The normalized spacial score (nSPS) is 32.3. The average molecular weight is 193 g/mol. The summed E-state index contributed by atoms with van der Waals surface area (Å²) in [7, 11) is 2.15. The van der Waals surface area contributed by atoms with Gasteiger partial charge in [-0.2, -0.15) is 0 Å². The van der Waals surface area contributed by atoms with Crippen LogP contribution in [0.1, 0.15) is 20.8 Å². The largest absolute Gasteiger partial charge is 0.494 e. The lowest BCUT2D eigenvalue weighted by Crippen LogP contribution is -2.34. The van der Waals surface area contributed by atoms with Gasteiger partial charge in [0.15, 0.2) is 0 Å². The highest BCUT2D eigenvalue weighted by Crippen LogP contribution is 2.36. The molecule has 2 aliphatic rings. The third-order valence-electron chi connectivity index (χ3n) is 3.39. The number of allylic oxidation sites excluding steroid dienone is 3. The maximum absolute atomic E-state index is 5.80. The van der Waals surface area contributed by atoms with Gasteiger partial charge in [0.05, 0.1) is 12.2 Å². The first-order valence-electron chi connectivity index (χ1n) is 5.38. The van der Waals surface area contributed by atoms with Gasteiger partial charge in [-0.1, -0.05) is 19.9 Å². The van der Waals surface area contributed by atoms with Crippen LogP contribution in [-0.2, 0) is 4.74 Å². The molecule has 0 bridgehead atoms. The Kier molecular flexibility index (Phi) is 2.30. The minimum absolute atomic E-state index is 0.524. The number of ether oxygens (including phenoxy) is 1. The second kappa shape index (κ2) is 3.34. The van der Waals surface area contributed by atoms with Crippen molar-refractivity contribution in [3.8, 4) is 0 Å². The van der Waals surface area contributed by atoms with E-state index in [1.807, 2.05) is 0 Å². The fourth-order valence-electron chi connectivity index (χ4n) is 2.36. The van der Waals surface area contributed by atoms with Crippen LogP contribution in [0.3, 0.4) is 0 Å². The van der Waals surface area contributed by atoms with Crippen molar-refractivity contribution < 1.29 is 4.74 Å². The summed E-state index contributed by atoms with van der Waals surface area (Å²) in [5, 5.41) is 0. The molecule has 78 valence electrons. The first kappa shape index (κ1) is 9.63. The van der Waals surface area contributed by atoms with Gasteiger partial charge >= 0.3 is 0 Å². The standard InChI is InChI=1S/C12H19NO/c1-8-7-9(2)11-12(10(8)3)14-6-5-13(11)4/h7-8,10H,5-6H2,1-4H3. The lowest BCUT2D eigenvalue weighted by atomic mass is 9.84. The predicted molar refractivity (Wildman–Crippen MR) is 57.7 cm³/mol. The van der Waals surface area contributed by atoms with E-state index >= 15 is 0 Å². The Morgan fingerprint density at radius 2 is 2.14 bits per heavy atom. The second-order valence-corrected chi connectivity index (χ2v) is 4.48. The van der Waals surface area contributed by atoms with E-state index in [2.05, 4.69) is 38.8 Å². The molecule has 0 amide bonds. The van der Waals surface area contributed by atoms with Gasteiger partial charge in [-0.25, -0.2) is 0 Å². The van der Waals surface area contributed by atoms with Gasteiger partial charge in [0.25, 0.3) is 0 Å². The van der Waals surface area contributed by atoms with Crippen molar-refractivity contribution in [1.82, 2.24) is 4.90 Å². The summed E-state index contributed by atoms with van der Waals surface area (Å²) in [5.41, 5.74) is 2.69. The number of likely N-dealkylation sites (N-methyl/N-ethyl adjacent to an activating group) is 1. The molecule has 2 atom stereocenters. The first-order chi connectivity index (χ1) is 6.61. The van der Waals surface area contributed by atoms with Gasteiger partial charge in [-0.3, -0.25) is 0 Å². The highest BCUT2D eigenvalue weighted by atomic mass is 16.5. The minimum atomic E-state index is 0.524. The zero-order valence-electron chi connectivity index (χ0n) is 9.50. The minimum Gasteiger partial charge on any atom is -0.494 e. The Morgan fingerprint density at radius 1 is 1.43 bits per heavy atom. The summed E-state index contributed by atoms with van der Waals surface area (Å²) >= 11 is 0. The Labute approximate surface area is 86.2 Å². The SMILES string of the molecule is CC1=CC(C)C(C)C2=C1N(C)CCO2. The lowest BCUT2D eigenvalue weighted by molar-refractivity contribution is 0.109. The Hall–Kier alpha value is -0.920. The van der Waals surface area contributed by atoms with Crippen LogP contribution in [0.4, 0.5) is 0 Å². The van der Waals surface area contributed by atoms with E-state index in [4.69, 9.17) is 4.74 Å². The molecule has 0 spiro atoms. The molecule has 1 aliphatic carbocycles.